The van der Waals surface area contributed by atoms with E-state index < -0.39 is 0 Å². The van der Waals surface area contributed by atoms with Crippen LogP contribution in [0.4, 0.5) is 0 Å². The summed E-state index contributed by atoms with van der Waals surface area (Å²) in [5, 5.41) is 0. The van der Waals surface area contributed by atoms with Gasteiger partial charge in [-0.15, -0.1) is 0 Å². The topological polar surface area (TPSA) is 43.1 Å². The molecule has 1 rings (SSSR count). The Kier molecular flexibility index (Phi) is 6.79. The molecule has 0 aliphatic carbocycles. The van der Waals surface area contributed by atoms with Crippen molar-refractivity contribution in [3.8, 4) is 0 Å². The van der Waals surface area contributed by atoms with Crippen LogP contribution in [0, 0.1) is 0 Å². The maximum atomic E-state index is 9.89. The van der Waals surface area contributed by atoms with E-state index in [1.54, 1.807) is 6.08 Å². The lowest BCUT2D eigenvalue weighted by Crippen LogP contribution is -1.69. The van der Waals surface area contributed by atoms with E-state index >= 15 is 0 Å². The SMILES string of the molecule is CN.O=CC=Cc1ccccc1. The third kappa shape index (κ3) is 4.41. The highest BCUT2D eigenvalue weighted by molar-refractivity contribution is 5.73. The van der Waals surface area contributed by atoms with Gasteiger partial charge in [-0.3, -0.25) is 4.79 Å². The molecule has 0 saturated heterocycles. The first-order chi connectivity index (χ1) is 5.93. The van der Waals surface area contributed by atoms with Gasteiger partial charge in [-0.2, -0.15) is 0 Å². The van der Waals surface area contributed by atoms with Crippen LogP contribution >= 0.6 is 0 Å². The normalized spacial score (nSPS) is 8.83. The van der Waals surface area contributed by atoms with Crippen molar-refractivity contribution in [3.63, 3.8) is 0 Å². The third-order valence-corrected chi connectivity index (χ3v) is 1.17. The lowest BCUT2D eigenvalue weighted by Gasteiger charge is -1.86. The fourth-order valence-corrected chi connectivity index (χ4v) is 0.715. The smallest absolute Gasteiger partial charge is 0.142 e. The summed E-state index contributed by atoms with van der Waals surface area (Å²) in [6.45, 7) is 0. The number of rotatable bonds is 2. The number of benzene rings is 1. The van der Waals surface area contributed by atoms with E-state index in [2.05, 4.69) is 5.73 Å². The minimum atomic E-state index is 0.771. The van der Waals surface area contributed by atoms with Gasteiger partial charge in [0.2, 0.25) is 0 Å². The van der Waals surface area contributed by atoms with Gasteiger partial charge in [-0.1, -0.05) is 36.4 Å². The number of aldehydes is 1. The van der Waals surface area contributed by atoms with Crippen molar-refractivity contribution in [2.24, 2.45) is 5.73 Å². The van der Waals surface area contributed by atoms with Gasteiger partial charge in [-0.25, -0.2) is 0 Å². The molecule has 0 radical (unpaired) electrons. The van der Waals surface area contributed by atoms with Gasteiger partial charge in [0.15, 0.2) is 0 Å². The molecule has 0 amide bonds. The summed E-state index contributed by atoms with van der Waals surface area (Å²) in [4.78, 5) is 9.89. The van der Waals surface area contributed by atoms with Gasteiger partial charge in [0.25, 0.3) is 0 Å². The van der Waals surface area contributed by atoms with Crippen LogP contribution in [0.25, 0.3) is 6.08 Å². The number of hydrogen-bond acceptors (Lipinski definition) is 2. The molecule has 0 unspecified atom stereocenters. The van der Waals surface area contributed by atoms with Crippen LogP contribution in [0.1, 0.15) is 5.56 Å². The van der Waals surface area contributed by atoms with Crippen molar-refractivity contribution in [2.45, 2.75) is 0 Å². The maximum Gasteiger partial charge on any atom is 0.142 e. The maximum absolute atomic E-state index is 9.89. The first kappa shape index (κ1) is 10.6. The molecule has 12 heavy (non-hydrogen) atoms. The fourth-order valence-electron chi connectivity index (χ4n) is 0.715. The van der Waals surface area contributed by atoms with Gasteiger partial charge < -0.3 is 5.73 Å². The van der Waals surface area contributed by atoms with Crippen molar-refractivity contribution in [2.75, 3.05) is 7.05 Å². The molecule has 2 nitrogen and oxygen atoms in total. The van der Waals surface area contributed by atoms with Gasteiger partial charge >= 0.3 is 0 Å². The van der Waals surface area contributed by atoms with Crippen LogP contribution in [0.15, 0.2) is 36.4 Å². The second-order valence-electron chi connectivity index (χ2n) is 1.91. The fraction of sp³-hybridized carbons (Fsp3) is 0.100. The predicted octanol–water partition coefficient (Wildman–Crippen LogP) is 1.47. The van der Waals surface area contributed by atoms with Crippen LogP contribution in [0.2, 0.25) is 0 Å². The van der Waals surface area contributed by atoms with E-state index in [9.17, 15) is 4.79 Å². The number of carbonyl (C=O) groups is 1. The molecule has 0 saturated carbocycles. The van der Waals surface area contributed by atoms with Crippen LogP contribution < -0.4 is 5.73 Å². The summed E-state index contributed by atoms with van der Waals surface area (Å²) in [6, 6.07) is 9.70. The van der Waals surface area contributed by atoms with E-state index in [-0.39, 0.29) is 0 Å². The van der Waals surface area contributed by atoms with Crippen LogP contribution in [0.3, 0.4) is 0 Å². The van der Waals surface area contributed by atoms with Crippen LogP contribution in [-0.4, -0.2) is 13.3 Å². The lowest BCUT2D eigenvalue weighted by molar-refractivity contribution is -0.104. The number of nitrogens with two attached hydrogens (primary N) is 1. The van der Waals surface area contributed by atoms with E-state index in [1.807, 2.05) is 30.3 Å². The Hall–Kier alpha value is -1.41. The van der Waals surface area contributed by atoms with E-state index in [0.29, 0.717) is 0 Å². The molecule has 0 atom stereocenters. The van der Waals surface area contributed by atoms with Crippen molar-refractivity contribution in [1.82, 2.24) is 0 Å². The van der Waals surface area contributed by atoms with Gasteiger partial charge in [0.1, 0.15) is 6.29 Å². The average molecular weight is 163 g/mol. The van der Waals surface area contributed by atoms with Crippen molar-refractivity contribution >= 4 is 12.4 Å². The molecule has 2 N–H and O–H groups in total. The Morgan fingerprint density at radius 2 is 1.75 bits per heavy atom. The largest absolute Gasteiger partial charge is 0.333 e. The van der Waals surface area contributed by atoms with Crippen LogP contribution in [0.5, 0.6) is 0 Å². The Morgan fingerprint density at radius 1 is 1.17 bits per heavy atom. The first-order valence-electron chi connectivity index (χ1n) is 3.68. The summed E-state index contributed by atoms with van der Waals surface area (Å²) in [7, 11) is 1.50. The molecule has 64 valence electrons. The Bertz CT molecular complexity index is 229. The highest BCUT2D eigenvalue weighted by Crippen LogP contribution is 1.99. The molecular weight excluding hydrogens is 150 g/mol. The van der Waals surface area contributed by atoms with E-state index in [4.69, 9.17) is 0 Å². The number of carbonyl (C=O) groups excluding carboxylic acids is 1. The molecule has 0 spiro atoms. The summed E-state index contributed by atoms with van der Waals surface area (Å²) in [5.41, 5.74) is 5.55. The minimum Gasteiger partial charge on any atom is -0.333 e. The van der Waals surface area contributed by atoms with Gasteiger partial charge in [0.05, 0.1) is 0 Å². The Balaban J connectivity index is 0.000000561. The van der Waals surface area contributed by atoms with Crippen molar-refractivity contribution < 1.29 is 4.79 Å². The summed E-state index contributed by atoms with van der Waals surface area (Å²) in [5.74, 6) is 0. The minimum absolute atomic E-state index is 0.771. The van der Waals surface area contributed by atoms with Crippen LogP contribution in [-0.2, 0) is 4.79 Å². The number of hydrogen-bond donors (Lipinski definition) is 1. The van der Waals surface area contributed by atoms with Crippen molar-refractivity contribution in [3.05, 3.63) is 42.0 Å². The molecule has 2 heteroatoms. The van der Waals surface area contributed by atoms with E-state index in [1.165, 1.54) is 13.1 Å². The summed E-state index contributed by atoms with van der Waals surface area (Å²) in [6.07, 6.45) is 4.02. The zero-order chi connectivity index (χ0) is 9.23. The highest BCUT2D eigenvalue weighted by Gasteiger charge is 1.79. The molecule has 1 aromatic rings. The molecule has 0 aliphatic heterocycles. The number of allylic oxidation sites excluding steroid dienone is 1. The molecular formula is C10H13NO. The summed E-state index contributed by atoms with van der Waals surface area (Å²) >= 11 is 0. The average Bonchev–Trinajstić information content (AvgIpc) is 2.19. The standard InChI is InChI=1S/C9H8O.CH5N/c10-8-4-7-9-5-2-1-3-6-9;1-2/h1-8H;2H2,1H3. The second kappa shape index (κ2) is 7.69. The Labute approximate surface area is 72.7 Å². The quantitative estimate of drug-likeness (QED) is 0.530. The predicted molar refractivity (Wildman–Crippen MR) is 51.7 cm³/mol. The zero-order valence-corrected chi connectivity index (χ0v) is 7.10. The molecule has 1 aromatic carbocycles. The molecule has 0 bridgehead atoms. The van der Waals surface area contributed by atoms with E-state index in [0.717, 1.165) is 11.8 Å². The molecule has 0 aromatic heterocycles. The van der Waals surface area contributed by atoms with Gasteiger partial charge in [-0.05, 0) is 18.7 Å². The highest BCUT2D eigenvalue weighted by atomic mass is 16.1. The molecule has 0 aliphatic rings. The zero-order valence-electron chi connectivity index (χ0n) is 7.10. The third-order valence-electron chi connectivity index (χ3n) is 1.17. The monoisotopic (exact) mass is 163 g/mol. The molecule has 0 fully saturated rings. The van der Waals surface area contributed by atoms with Gasteiger partial charge in [0, 0.05) is 0 Å². The first-order valence-corrected chi connectivity index (χ1v) is 3.68. The van der Waals surface area contributed by atoms with Crippen molar-refractivity contribution in [1.29, 1.82) is 0 Å². The lowest BCUT2D eigenvalue weighted by atomic mass is 10.2. The summed E-state index contributed by atoms with van der Waals surface area (Å²) < 4.78 is 0. The molecule has 0 heterocycles. The Morgan fingerprint density at radius 3 is 2.25 bits per heavy atom. The second-order valence-corrected chi connectivity index (χ2v) is 1.91.